The third-order valence-corrected chi connectivity index (χ3v) is 3.36. The first-order valence-electron chi connectivity index (χ1n) is 6.21. The second-order valence-electron chi connectivity index (χ2n) is 4.67. The van der Waals surface area contributed by atoms with E-state index in [1.54, 1.807) is 0 Å². The average Bonchev–Trinajstić information content (AvgIpc) is 2.37. The molecule has 0 aliphatic heterocycles. The highest BCUT2D eigenvalue weighted by Crippen LogP contribution is 2.27. The van der Waals surface area contributed by atoms with Crippen LogP contribution in [0.2, 0.25) is 0 Å². The number of carbonyl (C=O) groups excluding carboxylic acids is 1. The van der Waals surface area contributed by atoms with E-state index in [0.29, 0.717) is 11.6 Å². The Labute approximate surface area is 112 Å². The van der Waals surface area contributed by atoms with Gasteiger partial charge in [0.15, 0.2) is 0 Å². The monoisotopic (exact) mass is 265 g/mol. The minimum atomic E-state index is -0.676. The number of anilines is 1. The number of amides is 1. The molecule has 0 bridgehead atoms. The highest BCUT2D eigenvalue weighted by atomic mass is 16.6. The third kappa shape index (κ3) is 3.67. The van der Waals surface area contributed by atoms with Crippen LogP contribution in [-0.2, 0) is 0 Å². The highest BCUT2D eigenvalue weighted by molar-refractivity contribution is 5.94. The Morgan fingerprint density at radius 1 is 1.47 bits per heavy atom. The first kappa shape index (κ1) is 14.9. The van der Waals surface area contributed by atoms with E-state index in [4.69, 9.17) is 5.73 Å². The van der Waals surface area contributed by atoms with Crippen molar-refractivity contribution >= 4 is 17.3 Å². The Morgan fingerprint density at radius 3 is 2.58 bits per heavy atom. The fraction of sp³-hybridized carbons (Fsp3) is 0.462. The molecule has 0 saturated carbocycles. The molecular formula is C13H19N3O3. The fourth-order valence-electron chi connectivity index (χ4n) is 1.70. The molecule has 6 heteroatoms. The van der Waals surface area contributed by atoms with Gasteiger partial charge >= 0.3 is 0 Å². The van der Waals surface area contributed by atoms with Crippen LogP contribution in [0, 0.1) is 16.0 Å². The van der Waals surface area contributed by atoms with Crippen molar-refractivity contribution in [1.82, 2.24) is 0 Å². The minimum Gasteiger partial charge on any atom is -0.377 e. The van der Waals surface area contributed by atoms with Crippen LogP contribution in [0.4, 0.5) is 11.4 Å². The van der Waals surface area contributed by atoms with E-state index in [9.17, 15) is 14.9 Å². The minimum absolute atomic E-state index is 0.100. The van der Waals surface area contributed by atoms with Crippen molar-refractivity contribution in [3.05, 3.63) is 33.9 Å². The summed E-state index contributed by atoms with van der Waals surface area (Å²) in [5.74, 6) is -0.292. The van der Waals surface area contributed by atoms with Crippen molar-refractivity contribution in [2.24, 2.45) is 11.7 Å². The van der Waals surface area contributed by atoms with Crippen LogP contribution in [0.3, 0.4) is 0 Å². The fourth-order valence-corrected chi connectivity index (χ4v) is 1.70. The molecule has 1 aromatic rings. The molecule has 0 aliphatic carbocycles. The molecule has 1 amide bonds. The SMILES string of the molecule is CCC(C)C(C)Nc1ccc(C(N)=O)cc1[N+](=O)[O-]. The molecule has 19 heavy (non-hydrogen) atoms. The lowest BCUT2D eigenvalue weighted by atomic mass is 10.0. The maximum Gasteiger partial charge on any atom is 0.293 e. The van der Waals surface area contributed by atoms with Crippen LogP contribution in [0.15, 0.2) is 18.2 Å². The Bertz CT molecular complexity index is 488. The molecule has 1 aromatic carbocycles. The molecule has 6 nitrogen and oxygen atoms in total. The molecule has 3 N–H and O–H groups in total. The van der Waals surface area contributed by atoms with Crippen molar-refractivity contribution < 1.29 is 9.72 Å². The summed E-state index contributed by atoms with van der Waals surface area (Å²) in [6, 6.07) is 4.31. The number of nitrogens with one attached hydrogen (secondary N) is 1. The molecule has 0 aromatic heterocycles. The molecule has 0 radical (unpaired) electrons. The molecule has 0 heterocycles. The van der Waals surface area contributed by atoms with Crippen molar-refractivity contribution in [2.75, 3.05) is 5.32 Å². The van der Waals surface area contributed by atoms with E-state index in [0.717, 1.165) is 6.42 Å². The van der Waals surface area contributed by atoms with Gasteiger partial charge in [0, 0.05) is 17.7 Å². The third-order valence-electron chi connectivity index (χ3n) is 3.36. The van der Waals surface area contributed by atoms with Gasteiger partial charge in [-0.1, -0.05) is 20.3 Å². The molecule has 2 atom stereocenters. The van der Waals surface area contributed by atoms with Gasteiger partial charge < -0.3 is 11.1 Å². The summed E-state index contributed by atoms with van der Waals surface area (Å²) in [5.41, 5.74) is 5.53. The topological polar surface area (TPSA) is 98.3 Å². The quantitative estimate of drug-likeness (QED) is 0.610. The normalized spacial score (nSPS) is 13.6. The number of nitro groups is 1. The molecule has 104 valence electrons. The Hall–Kier alpha value is -2.11. The zero-order valence-corrected chi connectivity index (χ0v) is 11.3. The van der Waals surface area contributed by atoms with Gasteiger partial charge in [0.25, 0.3) is 5.69 Å². The largest absolute Gasteiger partial charge is 0.377 e. The molecular weight excluding hydrogens is 246 g/mol. The summed E-state index contributed by atoms with van der Waals surface area (Å²) >= 11 is 0. The number of carbonyl (C=O) groups is 1. The molecule has 0 saturated heterocycles. The van der Waals surface area contributed by atoms with Crippen molar-refractivity contribution in [3.63, 3.8) is 0 Å². The number of hydrogen-bond donors (Lipinski definition) is 2. The standard InChI is InChI=1S/C13H19N3O3/c1-4-8(2)9(3)15-11-6-5-10(13(14)17)7-12(11)16(18)19/h5-9,15H,4H2,1-3H3,(H2,14,17). The second-order valence-corrected chi connectivity index (χ2v) is 4.67. The highest BCUT2D eigenvalue weighted by Gasteiger charge is 2.19. The Balaban J connectivity index is 3.07. The van der Waals surface area contributed by atoms with E-state index in [1.807, 2.05) is 6.92 Å². The van der Waals surface area contributed by atoms with E-state index in [2.05, 4.69) is 19.2 Å². The summed E-state index contributed by atoms with van der Waals surface area (Å²) in [5, 5.41) is 14.1. The number of nitro benzene ring substituents is 1. The zero-order valence-electron chi connectivity index (χ0n) is 11.3. The summed E-state index contributed by atoms with van der Waals surface area (Å²) < 4.78 is 0. The van der Waals surface area contributed by atoms with Gasteiger partial charge in [-0.3, -0.25) is 14.9 Å². The Morgan fingerprint density at radius 2 is 2.11 bits per heavy atom. The van der Waals surface area contributed by atoms with Gasteiger partial charge in [-0.15, -0.1) is 0 Å². The van der Waals surface area contributed by atoms with Gasteiger partial charge in [0.2, 0.25) is 5.91 Å². The van der Waals surface area contributed by atoms with Crippen molar-refractivity contribution in [3.8, 4) is 0 Å². The van der Waals surface area contributed by atoms with E-state index in [1.165, 1.54) is 18.2 Å². The van der Waals surface area contributed by atoms with Crippen LogP contribution in [0.5, 0.6) is 0 Å². The average molecular weight is 265 g/mol. The lowest BCUT2D eigenvalue weighted by Crippen LogP contribution is -2.23. The number of benzene rings is 1. The van der Waals surface area contributed by atoms with Gasteiger partial charge in [-0.05, 0) is 25.0 Å². The van der Waals surface area contributed by atoms with Crippen molar-refractivity contribution in [1.29, 1.82) is 0 Å². The summed E-state index contributed by atoms with van der Waals surface area (Å²) in [6.45, 7) is 6.11. The molecule has 0 fully saturated rings. The van der Waals surface area contributed by atoms with E-state index < -0.39 is 10.8 Å². The van der Waals surface area contributed by atoms with Crippen molar-refractivity contribution in [2.45, 2.75) is 33.2 Å². The number of primary amides is 1. The van der Waals surface area contributed by atoms with Gasteiger partial charge in [0.05, 0.1) is 4.92 Å². The molecule has 0 aliphatic rings. The number of rotatable bonds is 6. The van der Waals surface area contributed by atoms with E-state index >= 15 is 0 Å². The van der Waals surface area contributed by atoms with Crippen LogP contribution in [-0.4, -0.2) is 16.9 Å². The van der Waals surface area contributed by atoms with Crippen LogP contribution in [0.1, 0.15) is 37.6 Å². The van der Waals surface area contributed by atoms with Crippen LogP contribution in [0.25, 0.3) is 0 Å². The smallest absolute Gasteiger partial charge is 0.293 e. The zero-order chi connectivity index (χ0) is 14.6. The summed E-state index contributed by atoms with van der Waals surface area (Å²) in [6.07, 6.45) is 0.974. The number of nitrogens with two attached hydrogens (primary N) is 1. The van der Waals surface area contributed by atoms with Crippen LogP contribution < -0.4 is 11.1 Å². The first-order valence-corrected chi connectivity index (χ1v) is 6.21. The van der Waals surface area contributed by atoms with Gasteiger partial charge in [-0.25, -0.2) is 0 Å². The molecule has 0 spiro atoms. The van der Waals surface area contributed by atoms with Gasteiger partial charge in [-0.2, -0.15) is 0 Å². The van der Waals surface area contributed by atoms with E-state index in [-0.39, 0.29) is 17.3 Å². The summed E-state index contributed by atoms with van der Waals surface area (Å²) in [7, 11) is 0. The maximum atomic E-state index is 11.0. The predicted molar refractivity (Wildman–Crippen MR) is 74.2 cm³/mol. The second kappa shape index (κ2) is 6.17. The molecule has 2 unspecified atom stereocenters. The Kier molecular flexibility index (Phi) is 4.86. The summed E-state index contributed by atoms with van der Waals surface area (Å²) in [4.78, 5) is 21.6. The lowest BCUT2D eigenvalue weighted by molar-refractivity contribution is -0.384. The maximum absolute atomic E-state index is 11.0. The first-order chi connectivity index (χ1) is 8.86. The number of hydrogen-bond acceptors (Lipinski definition) is 4. The lowest BCUT2D eigenvalue weighted by Gasteiger charge is -2.21. The van der Waals surface area contributed by atoms with Crippen LogP contribution >= 0.6 is 0 Å². The predicted octanol–water partition coefficient (Wildman–Crippen LogP) is 2.54. The number of nitrogens with zero attached hydrogens (tertiary/aromatic N) is 1. The molecule has 1 rings (SSSR count). The van der Waals surface area contributed by atoms with Gasteiger partial charge in [0.1, 0.15) is 5.69 Å².